The molecule has 0 radical (unpaired) electrons. The van der Waals surface area contributed by atoms with E-state index in [0.29, 0.717) is 30.4 Å². The predicted molar refractivity (Wildman–Crippen MR) is 135 cm³/mol. The molecule has 0 unspecified atom stereocenters. The van der Waals surface area contributed by atoms with Crippen molar-refractivity contribution in [2.75, 3.05) is 33.8 Å². The fraction of sp³-hybridized carbons (Fsp3) is 0.429. The summed E-state index contributed by atoms with van der Waals surface area (Å²) in [5.74, 6) is -0.256. The van der Waals surface area contributed by atoms with Gasteiger partial charge in [-0.15, -0.1) is 0 Å². The number of aliphatic hydroxyl groups is 1. The average molecular weight is 465 g/mol. The number of Topliss-reactive ketones (excluding diaryl/α,β-unsaturated/α-hetero) is 1. The van der Waals surface area contributed by atoms with Gasteiger partial charge in [-0.2, -0.15) is 0 Å². The molecule has 2 aromatic carbocycles. The molecule has 0 saturated carbocycles. The minimum Gasteiger partial charge on any atom is -0.507 e. The quantitative estimate of drug-likeness (QED) is 0.331. The van der Waals surface area contributed by atoms with Crippen LogP contribution in [-0.4, -0.2) is 60.4 Å². The Bertz CT molecular complexity index is 1070. The first-order valence-electron chi connectivity index (χ1n) is 11.8. The third-order valence-corrected chi connectivity index (χ3v) is 5.97. The molecule has 1 aliphatic rings. The Hall–Kier alpha value is -3.12. The summed E-state index contributed by atoms with van der Waals surface area (Å²) in [4.78, 5) is 29.9. The van der Waals surface area contributed by atoms with E-state index in [1.54, 1.807) is 17.0 Å². The lowest BCUT2D eigenvalue weighted by Gasteiger charge is -2.26. The monoisotopic (exact) mass is 464 g/mol. The zero-order valence-electron chi connectivity index (χ0n) is 21.1. The second-order valence-electron chi connectivity index (χ2n) is 9.74. The first-order valence-corrected chi connectivity index (χ1v) is 11.8. The van der Waals surface area contributed by atoms with Gasteiger partial charge in [0.05, 0.1) is 18.2 Å². The lowest BCUT2D eigenvalue weighted by atomic mass is 9.93. The molecule has 0 aliphatic carbocycles. The van der Waals surface area contributed by atoms with Gasteiger partial charge in [-0.05, 0) is 76.2 Å². The molecule has 1 N–H and O–H groups in total. The molecule has 1 saturated heterocycles. The molecule has 1 fully saturated rings. The third kappa shape index (κ3) is 5.68. The summed E-state index contributed by atoms with van der Waals surface area (Å²) < 4.78 is 5.80. The van der Waals surface area contributed by atoms with Gasteiger partial charge in [0.2, 0.25) is 0 Å². The number of amides is 1. The fourth-order valence-electron chi connectivity index (χ4n) is 4.16. The van der Waals surface area contributed by atoms with Gasteiger partial charge in [-0.1, -0.05) is 43.7 Å². The van der Waals surface area contributed by atoms with Crippen LogP contribution in [0.2, 0.25) is 0 Å². The second kappa shape index (κ2) is 10.9. The molecule has 6 heteroatoms. The smallest absolute Gasteiger partial charge is 0.295 e. The van der Waals surface area contributed by atoms with E-state index in [2.05, 4.69) is 13.8 Å². The summed E-state index contributed by atoms with van der Waals surface area (Å²) in [5.41, 5.74) is 3.34. The van der Waals surface area contributed by atoms with Crippen molar-refractivity contribution in [1.82, 2.24) is 9.80 Å². The highest BCUT2D eigenvalue weighted by Crippen LogP contribution is 2.40. The van der Waals surface area contributed by atoms with Crippen LogP contribution in [0.25, 0.3) is 5.76 Å². The van der Waals surface area contributed by atoms with E-state index in [1.165, 1.54) is 0 Å². The molecule has 6 nitrogen and oxygen atoms in total. The zero-order chi connectivity index (χ0) is 25.0. The molecule has 0 bridgehead atoms. The van der Waals surface area contributed by atoms with Gasteiger partial charge >= 0.3 is 0 Å². The van der Waals surface area contributed by atoms with Crippen molar-refractivity contribution in [3.05, 3.63) is 70.3 Å². The van der Waals surface area contributed by atoms with E-state index < -0.39 is 17.7 Å². The standard InChI is InChI=1S/C28H36N2O4/c1-18(2)17-34-22-12-13-23(20(4)16-22)26(31)24-25(21-10-8-19(3)9-11-21)30(28(33)27(24)32)15-7-14-29(5)6/h8-13,16,18,25,31H,7,14-15,17H2,1-6H3/b26-24+/t25-/m1/s1. The molecule has 1 heterocycles. The van der Waals surface area contributed by atoms with E-state index in [9.17, 15) is 14.7 Å². The van der Waals surface area contributed by atoms with Gasteiger partial charge in [0, 0.05) is 12.1 Å². The van der Waals surface area contributed by atoms with E-state index in [-0.39, 0.29) is 11.3 Å². The second-order valence-corrected chi connectivity index (χ2v) is 9.74. The van der Waals surface area contributed by atoms with Crippen LogP contribution in [0.1, 0.15) is 48.6 Å². The Morgan fingerprint density at radius 1 is 1.09 bits per heavy atom. The summed E-state index contributed by atoms with van der Waals surface area (Å²) in [6.45, 7) is 9.83. The zero-order valence-corrected chi connectivity index (χ0v) is 21.1. The number of ether oxygens (including phenoxy) is 1. The first kappa shape index (κ1) is 25.5. The van der Waals surface area contributed by atoms with E-state index >= 15 is 0 Å². The van der Waals surface area contributed by atoms with Crippen LogP contribution in [-0.2, 0) is 9.59 Å². The van der Waals surface area contributed by atoms with Crippen molar-refractivity contribution in [2.45, 2.75) is 40.2 Å². The van der Waals surface area contributed by atoms with E-state index in [4.69, 9.17) is 4.74 Å². The van der Waals surface area contributed by atoms with Crippen LogP contribution in [0.5, 0.6) is 5.75 Å². The van der Waals surface area contributed by atoms with Crippen molar-refractivity contribution in [1.29, 1.82) is 0 Å². The lowest BCUT2D eigenvalue weighted by molar-refractivity contribution is -0.139. The van der Waals surface area contributed by atoms with E-state index in [0.717, 1.165) is 29.7 Å². The number of hydrogen-bond acceptors (Lipinski definition) is 5. The molecule has 0 spiro atoms. The van der Waals surface area contributed by atoms with Crippen LogP contribution in [0, 0.1) is 19.8 Å². The van der Waals surface area contributed by atoms with Crippen molar-refractivity contribution < 1.29 is 19.4 Å². The van der Waals surface area contributed by atoms with Crippen molar-refractivity contribution in [3.8, 4) is 5.75 Å². The maximum atomic E-state index is 13.2. The lowest BCUT2D eigenvalue weighted by Crippen LogP contribution is -2.32. The molecule has 1 amide bonds. The Kier molecular flexibility index (Phi) is 8.15. The number of nitrogens with zero attached hydrogens (tertiary/aromatic N) is 2. The number of ketones is 1. The summed E-state index contributed by atoms with van der Waals surface area (Å²) in [6, 6.07) is 12.5. The Morgan fingerprint density at radius 2 is 1.76 bits per heavy atom. The Morgan fingerprint density at radius 3 is 2.35 bits per heavy atom. The van der Waals surface area contributed by atoms with Gasteiger partial charge in [-0.25, -0.2) is 0 Å². The van der Waals surface area contributed by atoms with Gasteiger partial charge in [0.1, 0.15) is 11.5 Å². The average Bonchev–Trinajstić information content (AvgIpc) is 3.02. The number of rotatable bonds is 9. The van der Waals surface area contributed by atoms with Crippen molar-refractivity contribution >= 4 is 17.4 Å². The number of aryl methyl sites for hydroxylation is 2. The highest BCUT2D eigenvalue weighted by atomic mass is 16.5. The third-order valence-electron chi connectivity index (χ3n) is 5.97. The summed E-state index contributed by atoms with van der Waals surface area (Å²) >= 11 is 0. The highest BCUT2D eigenvalue weighted by Gasteiger charge is 2.45. The van der Waals surface area contributed by atoms with Crippen LogP contribution >= 0.6 is 0 Å². The number of benzene rings is 2. The number of likely N-dealkylation sites (tertiary alicyclic amines) is 1. The molecule has 0 aromatic heterocycles. The van der Waals surface area contributed by atoms with E-state index in [1.807, 2.05) is 63.2 Å². The largest absolute Gasteiger partial charge is 0.507 e. The molecule has 3 rings (SSSR count). The van der Waals surface area contributed by atoms with Crippen molar-refractivity contribution in [2.24, 2.45) is 5.92 Å². The normalized spacial score (nSPS) is 17.8. The first-order chi connectivity index (χ1) is 16.1. The van der Waals surface area contributed by atoms with Gasteiger partial charge in [-0.3, -0.25) is 9.59 Å². The van der Waals surface area contributed by atoms with Crippen LogP contribution in [0.3, 0.4) is 0 Å². The van der Waals surface area contributed by atoms with Crippen LogP contribution < -0.4 is 4.74 Å². The predicted octanol–water partition coefficient (Wildman–Crippen LogP) is 4.71. The number of carbonyl (C=O) groups excluding carboxylic acids is 2. The highest BCUT2D eigenvalue weighted by molar-refractivity contribution is 6.46. The minimum atomic E-state index is -0.646. The van der Waals surface area contributed by atoms with Crippen LogP contribution in [0.15, 0.2) is 48.0 Å². The van der Waals surface area contributed by atoms with Crippen LogP contribution in [0.4, 0.5) is 0 Å². The Balaban J connectivity index is 2.04. The molecule has 1 atom stereocenters. The fourth-order valence-corrected chi connectivity index (χ4v) is 4.16. The molecule has 2 aromatic rings. The number of hydrogen-bond donors (Lipinski definition) is 1. The Labute approximate surface area is 202 Å². The molecule has 1 aliphatic heterocycles. The topological polar surface area (TPSA) is 70.1 Å². The maximum absolute atomic E-state index is 13.2. The van der Waals surface area contributed by atoms with Crippen molar-refractivity contribution in [3.63, 3.8) is 0 Å². The molecule has 34 heavy (non-hydrogen) atoms. The summed E-state index contributed by atoms with van der Waals surface area (Å²) in [7, 11) is 3.95. The summed E-state index contributed by atoms with van der Waals surface area (Å²) in [5, 5.41) is 11.3. The van der Waals surface area contributed by atoms with Gasteiger partial charge < -0.3 is 19.6 Å². The molecular weight excluding hydrogens is 428 g/mol. The van der Waals surface area contributed by atoms with Gasteiger partial charge in [0.25, 0.3) is 11.7 Å². The minimum absolute atomic E-state index is 0.137. The number of carbonyl (C=O) groups is 2. The molecule has 182 valence electrons. The number of aliphatic hydroxyl groups excluding tert-OH is 1. The summed E-state index contributed by atoms with van der Waals surface area (Å²) in [6.07, 6.45) is 0.726. The molecular formula is C28H36N2O4. The van der Waals surface area contributed by atoms with Gasteiger partial charge in [0.15, 0.2) is 0 Å². The SMILES string of the molecule is Cc1ccc([C@@H]2/C(=C(\O)c3ccc(OCC(C)C)cc3C)C(=O)C(=O)N2CCCN(C)C)cc1. The maximum Gasteiger partial charge on any atom is 0.295 e.